The summed E-state index contributed by atoms with van der Waals surface area (Å²) in [6, 6.07) is 3.33. The third-order valence-electron chi connectivity index (χ3n) is 2.16. The summed E-state index contributed by atoms with van der Waals surface area (Å²) in [6.07, 6.45) is 4.57. The lowest BCUT2D eigenvalue weighted by Crippen LogP contribution is -1.98. The molecule has 0 fully saturated rings. The molecule has 2 heterocycles. The van der Waals surface area contributed by atoms with Crippen molar-refractivity contribution >= 4 is 0 Å². The fourth-order valence-electron chi connectivity index (χ4n) is 1.32. The van der Waals surface area contributed by atoms with Gasteiger partial charge in [-0.05, 0) is 12.0 Å². The van der Waals surface area contributed by atoms with E-state index in [0.29, 0.717) is 11.6 Å². The Kier molecular flexibility index (Phi) is 2.49. The van der Waals surface area contributed by atoms with Gasteiger partial charge in [0.05, 0.1) is 23.8 Å². The van der Waals surface area contributed by atoms with Gasteiger partial charge in [0.15, 0.2) is 0 Å². The number of halogens is 1. The maximum absolute atomic E-state index is 12.9. The Morgan fingerprint density at radius 3 is 2.73 bits per heavy atom. The Bertz CT molecular complexity index is 462. The Hall–Kier alpha value is -1.71. The average Bonchev–Trinajstić information content (AvgIpc) is 2.66. The van der Waals surface area contributed by atoms with Gasteiger partial charge in [-0.2, -0.15) is 5.10 Å². The lowest BCUT2D eigenvalue weighted by Gasteiger charge is -2.01. The standard InChI is InChI=1S/C11H12FN3/c1-8(2)11-3-4-15(14-11)10-5-9(12)6-13-7-10/h3-8H,1-2H3. The molecule has 0 radical (unpaired) electrons. The van der Waals surface area contributed by atoms with Crippen LogP contribution in [-0.2, 0) is 0 Å². The fourth-order valence-corrected chi connectivity index (χ4v) is 1.32. The lowest BCUT2D eigenvalue weighted by atomic mass is 10.1. The van der Waals surface area contributed by atoms with Crippen LogP contribution in [-0.4, -0.2) is 14.8 Å². The SMILES string of the molecule is CC(C)c1ccn(-c2cncc(F)c2)n1. The minimum absolute atomic E-state index is 0.353. The number of hydrogen-bond acceptors (Lipinski definition) is 2. The van der Waals surface area contributed by atoms with Crippen LogP contribution in [0.3, 0.4) is 0 Å². The van der Waals surface area contributed by atoms with E-state index in [9.17, 15) is 4.39 Å². The number of hydrogen-bond donors (Lipinski definition) is 0. The molecule has 0 N–H and O–H groups in total. The Labute approximate surface area is 87.6 Å². The summed E-state index contributed by atoms with van der Waals surface area (Å²) in [5.41, 5.74) is 1.63. The third kappa shape index (κ3) is 2.03. The summed E-state index contributed by atoms with van der Waals surface area (Å²) in [6.45, 7) is 4.13. The van der Waals surface area contributed by atoms with Crippen molar-refractivity contribution in [3.05, 3.63) is 42.2 Å². The molecular formula is C11H12FN3. The molecule has 0 atom stereocenters. The highest BCUT2D eigenvalue weighted by molar-refractivity contribution is 5.27. The summed E-state index contributed by atoms with van der Waals surface area (Å²) in [5.74, 6) is 0.0156. The number of aromatic nitrogens is 3. The molecule has 2 rings (SSSR count). The van der Waals surface area contributed by atoms with Crippen LogP contribution >= 0.6 is 0 Å². The van der Waals surface area contributed by atoms with Crippen LogP contribution in [0.4, 0.5) is 4.39 Å². The fraction of sp³-hybridized carbons (Fsp3) is 0.273. The maximum Gasteiger partial charge on any atom is 0.143 e. The first-order valence-electron chi connectivity index (χ1n) is 4.83. The van der Waals surface area contributed by atoms with Crippen molar-refractivity contribution in [2.24, 2.45) is 0 Å². The van der Waals surface area contributed by atoms with Gasteiger partial charge in [-0.1, -0.05) is 13.8 Å². The van der Waals surface area contributed by atoms with Crippen LogP contribution < -0.4 is 0 Å². The van der Waals surface area contributed by atoms with Crippen LogP contribution in [0.25, 0.3) is 5.69 Å². The van der Waals surface area contributed by atoms with Crippen LogP contribution in [0.2, 0.25) is 0 Å². The molecule has 0 aliphatic rings. The van der Waals surface area contributed by atoms with Crippen molar-refractivity contribution < 1.29 is 4.39 Å². The van der Waals surface area contributed by atoms with E-state index in [1.54, 1.807) is 10.9 Å². The molecule has 15 heavy (non-hydrogen) atoms. The van der Waals surface area contributed by atoms with Gasteiger partial charge >= 0.3 is 0 Å². The second kappa shape index (κ2) is 3.81. The van der Waals surface area contributed by atoms with Gasteiger partial charge in [0.2, 0.25) is 0 Å². The quantitative estimate of drug-likeness (QED) is 0.754. The van der Waals surface area contributed by atoms with Crippen LogP contribution in [0.15, 0.2) is 30.7 Å². The van der Waals surface area contributed by atoms with E-state index in [1.807, 2.05) is 12.3 Å². The van der Waals surface area contributed by atoms with Crippen LogP contribution in [0.5, 0.6) is 0 Å². The van der Waals surface area contributed by atoms with Crippen molar-refractivity contribution in [1.29, 1.82) is 0 Å². The normalized spacial score (nSPS) is 10.9. The zero-order chi connectivity index (χ0) is 10.8. The van der Waals surface area contributed by atoms with E-state index >= 15 is 0 Å². The molecule has 0 amide bonds. The van der Waals surface area contributed by atoms with E-state index in [0.717, 1.165) is 5.69 Å². The van der Waals surface area contributed by atoms with Crippen molar-refractivity contribution in [2.45, 2.75) is 19.8 Å². The molecule has 0 aliphatic carbocycles. The van der Waals surface area contributed by atoms with Crippen LogP contribution in [0.1, 0.15) is 25.5 Å². The summed E-state index contributed by atoms with van der Waals surface area (Å²) >= 11 is 0. The van der Waals surface area contributed by atoms with E-state index in [-0.39, 0.29) is 5.82 Å². The summed E-state index contributed by atoms with van der Waals surface area (Å²) < 4.78 is 14.5. The smallest absolute Gasteiger partial charge is 0.143 e. The largest absolute Gasteiger partial charge is 0.259 e. The first-order chi connectivity index (χ1) is 7.16. The van der Waals surface area contributed by atoms with Crippen LogP contribution in [0, 0.1) is 5.82 Å². The number of rotatable bonds is 2. The highest BCUT2D eigenvalue weighted by Crippen LogP contribution is 2.13. The number of nitrogens with zero attached hydrogens (tertiary/aromatic N) is 3. The number of pyridine rings is 1. The van der Waals surface area contributed by atoms with Crippen molar-refractivity contribution in [1.82, 2.24) is 14.8 Å². The van der Waals surface area contributed by atoms with Crippen molar-refractivity contribution in [3.63, 3.8) is 0 Å². The third-order valence-corrected chi connectivity index (χ3v) is 2.16. The molecule has 2 aromatic heterocycles. The molecule has 4 heteroatoms. The Morgan fingerprint density at radius 1 is 1.33 bits per heavy atom. The molecule has 0 unspecified atom stereocenters. The molecule has 78 valence electrons. The predicted octanol–water partition coefficient (Wildman–Crippen LogP) is 2.53. The monoisotopic (exact) mass is 205 g/mol. The summed E-state index contributed by atoms with van der Waals surface area (Å²) in [4.78, 5) is 3.78. The zero-order valence-corrected chi connectivity index (χ0v) is 8.68. The first kappa shape index (κ1) is 9.83. The van der Waals surface area contributed by atoms with Gasteiger partial charge in [0.1, 0.15) is 5.82 Å². The van der Waals surface area contributed by atoms with Gasteiger partial charge in [0.25, 0.3) is 0 Å². The molecule has 0 bridgehead atoms. The van der Waals surface area contributed by atoms with Gasteiger partial charge in [-0.3, -0.25) is 4.98 Å². The first-order valence-corrected chi connectivity index (χ1v) is 4.83. The molecular weight excluding hydrogens is 193 g/mol. The summed E-state index contributed by atoms with van der Waals surface area (Å²) in [5, 5.41) is 4.33. The molecule has 0 aliphatic heterocycles. The predicted molar refractivity (Wildman–Crippen MR) is 55.4 cm³/mol. The second-order valence-electron chi connectivity index (χ2n) is 3.70. The van der Waals surface area contributed by atoms with E-state index < -0.39 is 0 Å². The van der Waals surface area contributed by atoms with Gasteiger partial charge < -0.3 is 0 Å². The van der Waals surface area contributed by atoms with Gasteiger partial charge in [-0.15, -0.1) is 0 Å². The zero-order valence-electron chi connectivity index (χ0n) is 8.68. The van der Waals surface area contributed by atoms with Gasteiger partial charge in [-0.25, -0.2) is 9.07 Å². The lowest BCUT2D eigenvalue weighted by molar-refractivity contribution is 0.618. The van der Waals surface area contributed by atoms with Crippen molar-refractivity contribution in [2.75, 3.05) is 0 Å². The molecule has 0 aromatic carbocycles. The van der Waals surface area contributed by atoms with Crippen molar-refractivity contribution in [3.8, 4) is 5.69 Å². The highest BCUT2D eigenvalue weighted by atomic mass is 19.1. The Balaban J connectivity index is 2.37. The molecule has 0 saturated heterocycles. The molecule has 3 nitrogen and oxygen atoms in total. The highest BCUT2D eigenvalue weighted by Gasteiger charge is 2.05. The minimum Gasteiger partial charge on any atom is -0.259 e. The minimum atomic E-state index is -0.353. The van der Waals surface area contributed by atoms with Gasteiger partial charge in [0, 0.05) is 12.3 Å². The van der Waals surface area contributed by atoms with E-state index in [4.69, 9.17) is 0 Å². The second-order valence-corrected chi connectivity index (χ2v) is 3.70. The average molecular weight is 205 g/mol. The Morgan fingerprint density at radius 2 is 2.13 bits per heavy atom. The summed E-state index contributed by atoms with van der Waals surface area (Å²) in [7, 11) is 0. The molecule has 2 aromatic rings. The maximum atomic E-state index is 12.9. The molecule has 0 saturated carbocycles. The van der Waals surface area contributed by atoms with E-state index in [2.05, 4.69) is 23.9 Å². The van der Waals surface area contributed by atoms with E-state index in [1.165, 1.54) is 12.3 Å². The topological polar surface area (TPSA) is 30.7 Å². The molecule has 0 spiro atoms.